The maximum absolute atomic E-state index is 13.7. The van der Waals surface area contributed by atoms with E-state index in [1.54, 1.807) is 18.2 Å². The van der Waals surface area contributed by atoms with Crippen LogP contribution in [0.1, 0.15) is 21.5 Å². The van der Waals surface area contributed by atoms with Gasteiger partial charge < -0.3 is 9.47 Å². The molecule has 2 aromatic carbocycles. The molecule has 106 valence electrons. The van der Waals surface area contributed by atoms with Crippen LogP contribution in [0.5, 0.6) is 11.5 Å². The molecule has 0 amide bonds. The molecule has 0 atom stereocenters. The van der Waals surface area contributed by atoms with Crippen LogP contribution >= 0.6 is 0 Å². The molecule has 2 aromatic rings. The minimum atomic E-state index is -0.475. The molecule has 0 aromatic heterocycles. The highest BCUT2D eigenvalue weighted by molar-refractivity contribution is 5.81. The number of aldehydes is 1. The molecular weight excluding hydrogens is 273 g/mol. The van der Waals surface area contributed by atoms with Gasteiger partial charge in [0.1, 0.15) is 12.4 Å². The van der Waals surface area contributed by atoms with Crippen molar-refractivity contribution in [3.8, 4) is 17.6 Å². The summed E-state index contributed by atoms with van der Waals surface area (Å²) < 4.78 is 24.3. The van der Waals surface area contributed by atoms with Gasteiger partial charge in [-0.05, 0) is 30.3 Å². The summed E-state index contributed by atoms with van der Waals surface area (Å²) in [5, 5.41) is 8.82. The second kappa shape index (κ2) is 6.53. The first-order valence-corrected chi connectivity index (χ1v) is 6.13. The first kappa shape index (κ1) is 14.5. The number of carbonyl (C=O) groups is 1. The van der Waals surface area contributed by atoms with Gasteiger partial charge in [-0.15, -0.1) is 0 Å². The van der Waals surface area contributed by atoms with Gasteiger partial charge in [0.2, 0.25) is 0 Å². The number of hydrogen-bond donors (Lipinski definition) is 0. The number of hydrogen-bond acceptors (Lipinski definition) is 4. The molecule has 0 aliphatic heterocycles. The monoisotopic (exact) mass is 285 g/mol. The Labute approximate surface area is 121 Å². The number of nitriles is 1. The number of methoxy groups -OCH3 is 1. The summed E-state index contributed by atoms with van der Waals surface area (Å²) >= 11 is 0. The summed E-state index contributed by atoms with van der Waals surface area (Å²) in [6.07, 6.45) is 0.639. The quantitative estimate of drug-likeness (QED) is 0.792. The summed E-state index contributed by atoms with van der Waals surface area (Å²) in [6.45, 7) is -0.109. The van der Waals surface area contributed by atoms with Gasteiger partial charge in [-0.1, -0.05) is 6.07 Å². The highest BCUT2D eigenvalue weighted by atomic mass is 19.1. The fraction of sp³-hybridized carbons (Fsp3) is 0.125. The number of nitrogens with zero attached hydrogens (tertiary/aromatic N) is 1. The molecule has 21 heavy (non-hydrogen) atoms. The lowest BCUT2D eigenvalue weighted by Gasteiger charge is -2.13. The van der Waals surface area contributed by atoms with Gasteiger partial charge in [0.15, 0.2) is 17.8 Å². The molecule has 0 N–H and O–H groups in total. The van der Waals surface area contributed by atoms with Crippen LogP contribution < -0.4 is 9.47 Å². The lowest BCUT2D eigenvalue weighted by molar-refractivity contribution is 0.111. The third kappa shape index (κ3) is 3.18. The molecule has 4 nitrogen and oxygen atoms in total. The first-order valence-electron chi connectivity index (χ1n) is 6.13. The van der Waals surface area contributed by atoms with Crippen molar-refractivity contribution in [2.24, 2.45) is 0 Å². The van der Waals surface area contributed by atoms with Gasteiger partial charge in [0, 0.05) is 5.56 Å². The van der Waals surface area contributed by atoms with Crippen LogP contribution in [0.2, 0.25) is 0 Å². The van der Waals surface area contributed by atoms with Crippen LogP contribution in [0.4, 0.5) is 4.39 Å². The van der Waals surface area contributed by atoms with Crippen molar-refractivity contribution < 1.29 is 18.7 Å². The minimum Gasteiger partial charge on any atom is -0.493 e. The summed E-state index contributed by atoms with van der Waals surface area (Å²) in [5.41, 5.74) is 0.883. The SMILES string of the molecule is COc1cccc(C=O)c1OCc1cc(C#N)ccc1F. The number of rotatable bonds is 5. The van der Waals surface area contributed by atoms with E-state index in [-0.39, 0.29) is 17.9 Å². The average molecular weight is 285 g/mol. The third-order valence-electron chi connectivity index (χ3n) is 2.90. The molecule has 0 aliphatic carbocycles. The van der Waals surface area contributed by atoms with Gasteiger partial charge in [0.05, 0.1) is 24.3 Å². The topological polar surface area (TPSA) is 59.3 Å². The molecule has 0 aliphatic rings. The van der Waals surface area contributed by atoms with E-state index in [1.807, 2.05) is 6.07 Å². The summed E-state index contributed by atoms with van der Waals surface area (Å²) in [5.74, 6) is 0.157. The fourth-order valence-corrected chi connectivity index (χ4v) is 1.85. The largest absolute Gasteiger partial charge is 0.493 e. The van der Waals surface area contributed by atoms with Crippen LogP contribution in [-0.4, -0.2) is 13.4 Å². The van der Waals surface area contributed by atoms with E-state index in [9.17, 15) is 9.18 Å². The number of para-hydroxylation sites is 1. The second-order valence-electron chi connectivity index (χ2n) is 4.20. The molecule has 0 saturated heterocycles. The Kier molecular flexibility index (Phi) is 4.52. The van der Waals surface area contributed by atoms with E-state index >= 15 is 0 Å². The van der Waals surface area contributed by atoms with E-state index in [1.165, 1.54) is 25.3 Å². The normalized spacial score (nSPS) is 9.76. The molecule has 5 heteroatoms. The Morgan fingerprint density at radius 1 is 1.33 bits per heavy atom. The second-order valence-corrected chi connectivity index (χ2v) is 4.20. The number of benzene rings is 2. The van der Waals surface area contributed by atoms with Crippen LogP contribution in [0.25, 0.3) is 0 Å². The zero-order valence-corrected chi connectivity index (χ0v) is 11.3. The van der Waals surface area contributed by atoms with Gasteiger partial charge in [0.25, 0.3) is 0 Å². The summed E-state index contributed by atoms with van der Waals surface area (Å²) in [4.78, 5) is 11.0. The Bertz CT molecular complexity index is 707. The zero-order chi connectivity index (χ0) is 15.2. The Balaban J connectivity index is 2.28. The van der Waals surface area contributed by atoms with Gasteiger partial charge in [-0.3, -0.25) is 4.79 Å². The molecule has 0 radical (unpaired) electrons. The van der Waals surface area contributed by atoms with Crippen molar-refractivity contribution in [3.05, 3.63) is 58.9 Å². The molecule has 2 rings (SSSR count). The van der Waals surface area contributed by atoms with Crippen molar-refractivity contribution in [2.75, 3.05) is 7.11 Å². The molecule has 0 saturated carbocycles. The third-order valence-corrected chi connectivity index (χ3v) is 2.90. The molecule has 0 unspecified atom stereocenters. The van der Waals surface area contributed by atoms with E-state index in [4.69, 9.17) is 14.7 Å². The molecule has 0 heterocycles. The summed E-state index contributed by atoms with van der Waals surface area (Å²) in [7, 11) is 1.45. The van der Waals surface area contributed by atoms with E-state index in [2.05, 4.69) is 0 Å². The molecule has 0 fully saturated rings. The zero-order valence-electron chi connectivity index (χ0n) is 11.3. The fourth-order valence-electron chi connectivity index (χ4n) is 1.85. The Hall–Kier alpha value is -2.87. The predicted molar refractivity (Wildman–Crippen MR) is 73.8 cm³/mol. The molecule has 0 spiro atoms. The predicted octanol–water partition coefficient (Wildman–Crippen LogP) is 3.10. The van der Waals surface area contributed by atoms with E-state index < -0.39 is 5.82 Å². The highest BCUT2D eigenvalue weighted by Crippen LogP contribution is 2.31. The number of carbonyl (C=O) groups excluding carboxylic acids is 1. The smallest absolute Gasteiger partial charge is 0.172 e. The molecule has 0 bridgehead atoms. The Morgan fingerprint density at radius 3 is 2.81 bits per heavy atom. The minimum absolute atomic E-state index is 0.109. The lowest BCUT2D eigenvalue weighted by atomic mass is 10.1. The van der Waals surface area contributed by atoms with Crippen LogP contribution in [-0.2, 0) is 6.61 Å². The highest BCUT2D eigenvalue weighted by Gasteiger charge is 2.12. The Morgan fingerprint density at radius 2 is 2.14 bits per heavy atom. The molecular formula is C16H12FNO3. The van der Waals surface area contributed by atoms with Crippen molar-refractivity contribution >= 4 is 6.29 Å². The van der Waals surface area contributed by atoms with Crippen LogP contribution in [0.3, 0.4) is 0 Å². The van der Waals surface area contributed by atoms with Gasteiger partial charge in [-0.25, -0.2) is 4.39 Å². The first-order chi connectivity index (χ1) is 10.2. The average Bonchev–Trinajstić information content (AvgIpc) is 2.53. The maximum Gasteiger partial charge on any atom is 0.172 e. The van der Waals surface area contributed by atoms with Crippen molar-refractivity contribution in [1.82, 2.24) is 0 Å². The van der Waals surface area contributed by atoms with Gasteiger partial charge >= 0.3 is 0 Å². The standard InChI is InChI=1S/C16H12FNO3/c1-20-15-4-2-3-12(9-19)16(15)21-10-13-7-11(8-18)5-6-14(13)17/h2-7,9H,10H2,1H3. The van der Waals surface area contributed by atoms with Crippen LogP contribution in [0.15, 0.2) is 36.4 Å². The summed E-state index contributed by atoms with van der Waals surface area (Å²) in [6, 6.07) is 10.8. The van der Waals surface area contributed by atoms with E-state index in [0.717, 1.165) is 0 Å². The van der Waals surface area contributed by atoms with Crippen molar-refractivity contribution in [2.45, 2.75) is 6.61 Å². The number of halogens is 1. The van der Waals surface area contributed by atoms with Crippen molar-refractivity contribution in [1.29, 1.82) is 5.26 Å². The van der Waals surface area contributed by atoms with E-state index in [0.29, 0.717) is 23.2 Å². The van der Waals surface area contributed by atoms with Gasteiger partial charge in [-0.2, -0.15) is 5.26 Å². The lowest BCUT2D eigenvalue weighted by Crippen LogP contribution is -2.03. The maximum atomic E-state index is 13.7. The number of ether oxygens (including phenoxy) is 2. The van der Waals surface area contributed by atoms with Crippen LogP contribution in [0, 0.1) is 17.1 Å². The van der Waals surface area contributed by atoms with Crippen molar-refractivity contribution in [3.63, 3.8) is 0 Å².